The molecule has 0 radical (unpaired) electrons. The zero-order chi connectivity index (χ0) is 20.7. The Hall–Kier alpha value is -2.64. The zero-order valence-corrected chi connectivity index (χ0v) is 17.7. The third kappa shape index (κ3) is 3.52. The van der Waals surface area contributed by atoms with Crippen molar-refractivity contribution in [1.82, 2.24) is 4.90 Å². The van der Waals surface area contributed by atoms with E-state index in [1.165, 1.54) is 16.9 Å². The lowest BCUT2D eigenvalue weighted by atomic mass is 9.90. The summed E-state index contributed by atoms with van der Waals surface area (Å²) in [6.07, 6.45) is 3.22. The van der Waals surface area contributed by atoms with E-state index in [2.05, 4.69) is 12.2 Å². The molecule has 30 heavy (non-hydrogen) atoms. The van der Waals surface area contributed by atoms with Crippen LogP contribution in [0.3, 0.4) is 0 Å². The van der Waals surface area contributed by atoms with Crippen LogP contribution in [-0.4, -0.2) is 43.0 Å². The van der Waals surface area contributed by atoms with Crippen molar-refractivity contribution >= 4 is 39.8 Å². The highest BCUT2D eigenvalue weighted by Gasteiger charge is 2.28. The van der Waals surface area contributed by atoms with Gasteiger partial charge in [0.05, 0.1) is 18.1 Å². The Morgan fingerprint density at radius 3 is 2.83 bits per heavy atom. The maximum Gasteiger partial charge on any atom is 0.291 e. The number of fused-ring (bicyclic) bond motifs is 2. The van der Waals surface area contributed by atoms with Crippen molar-refractivity contribution in [2.75, 3.05) is 31.6 Å². The number of para-hydroxylation sites is 1. The summed E-state index contributed by atoms with van der Waals surface area (Å²) in [6.45, 7) is 4.29. The number of ether oxygens (including phenoxy) is 1. The molecule has 3 heterocycles. The highest BCUT2D eigenvalue weighted by atomic mass is 32.1. The predicted octanol–water partition coefficient (Wildman–Crippen LogP) is 4.34. The molecule has 1 N–H and O–H groups in total. The molecule has 5 rings (SSSR count). The maximum atomic E-state index is 13.1. The molecule has 0 bridgehead atoms. The van der Waals surface area contributed by atoms with Gasteiger partial charge in [-0.05, 0) is 48.9 Å². The van der Waals surface area contributed by atoms with Gasteiger partial charge < -0.3 is 19.4 Å². The van der Waals surface area contributed by atoms with Crippen molar-refractivity contribution in [3.05, 3.63) is 51.4 Å². The molecule has 0 spiro atoms. The first-order valence-corrected chi connectivity index (χ1v) is 11.2. The second-order valence-electron chi connectivity index (χ2n) is 8.07. The van der Waals surface area contributed by atoms with Gasteiger partial charge in [-0.15, -0.1) is 11.3 Å². The van der Waals surface area contributed by atoms with E-state index in [1.54, 1.807) is 16.2 Å². The Morgan fingerprint density at radius 1 is 1.20 bits per heavy atom. The summed E-state index contributed by atoms with van der Waals surface area (Å²) >= 11 is 1.56. The number of nitrogens with one attached hydrogen (secondary N) is 1. The first kappa shape index (κ1) is 19.3. The molecule has 1 unspecified atom stereocenters. The van der Waals surface area contributed by atoms with Crippen molar-refractivity contribution < 1.29 is 18.7 Å². The van der Waals surface area contributed by atoms with Gasteiger partial charge in [0.15, 0.2) is 0 Å². The molecule has 2 aromatic heterocycles. The van der Waals surface area contributed by atoms with Crippen LogP contribution in [0, 0.1) is 5.92 Å². The first-order chi connectivity index (χ1) is 14.6. The van der Waals surface area contributed by atoms with Crippen LogP contribution in [0.25, 0.3) is 11.0 Å². The lowest BCUT2D eigenvalue weighted by Gasteiger charge is -2.26. The van der Waals surface area contributed by atoms with E-state index in [0.29, 0.717) is 48.4 Å². The Labute approximate surface area is 178 Å². The first-order valence-electron chi connectivity index (χ1n) is 10.4. The maximum absolute atomic E-state index is 13.1. The minimum atomic E-state index is -0.218. The standard InChI is InChI=1S/C23H24N2O4S/c1-14-6-7-18-15(12-14)13-19(30-18)22(26)24-20-16-4-2-3-5-17(16)29-21(20)23(27)25-8-10-28-11-9-25/h2-5,13-14H,6-12H2,1H3,(H,24,26). The van der Waals surface area contributed by atoms with Crippen molar-refractivity contribution in [3.8, 4) is 0 Å². The summed E-state index contributed by atoms with van der Waals surface area (Å²) in [5.41, 5.74) is 2.32. The van der Waals surface area contributed by atoms with Crippen molar-refractivity contribution in [3.63, 3.8) is 0 Å². The minimum absolute atomic E-state index is 0.182. The summed E-state index contributed by atoms with van der Waals surface area (Å²) < 4.78 is 11.3. The van der Waals surface area contributed by atoms with Gasteiger partial charge in [0, 0.05) is 23.4 Å². The van der Waals surface area contributed by atoms with Crippen LogP contribution in [0.4, 0.5) is 5.69 Å². The summed E-state index contributed by atoms with van der Waals surface area (Å²) in [7, 11) is 0. The van der Waals surface area contributed by atoms with Crippen LogP contribution >= 0.6 is 11.3 Å². The quantitative estimate of drug-likeness (QED) is 0.679. The third-order valence-corrected chi connectivity index (χ3v) is 7.12. The molecule has 0 saturated carbocycles. The minimum Gasteiger partial charge on any atom is -0.449 e. The number of hydrogen-bond donors (Lipinski definition) is 1. The van der Waals surface area contributed by atoms with Gasteiger partial charge in [0.25, 0.3) is 11.8 Å². The summed E-state index contributed by atoms with van der Waals surface area (Å²) in [6, 6.07) is 9.42. The number of morpholine rings is 1. The number of carbonyl (C=O) groups excluding carboxylic acids is 2. The van der Waals surface area contributed by atoms with E-state index in [9.17, 15) is 9.59 Å². The Morgan fingerprint density at radius 2 is 2.00 bits per heavy atom. The van der Waals surface area contributed by atoms with Gasteiger partial charge in [0.2, 0.25) is 5.76 Å². The van der Waals surface area contributed by atoms with Crippen LogP contribution in [0.15, 0.2) is 34.7 Å². The smallest absolute Gasteiger partial charge is 0.291 e. The normalized spacial score (nSPS) is 19.0. The van der Waals surface area contributed by atoms with Crippen LogP contribution in [0.2, 0.25) is 0 Å². The molecule has 1 saturated heterocycles. The van der Waals surface area contributed by atoms with Crippen molar-refractivity contribution in [2.24, 2.45) is 5.92 Å². The van der Waals surface area contributed by atoms with Gasteiger partial charge in [-0.2, -0.15) is 0 Å². The number of rotatable bonds is 3. The van der Waals surface area contributed by atoms with E-state index in [0.717, 1.165) is 18.2 Å². The molecule has 1 atom stereocenters. The molecule has 3 aromatic rings. The van der Waals surface area contributed by atoms with Gasteiger partial charge in [0.1, 0.15) is 11.3 Å². The lowest BCUT2D eigenvalue weighted by molar-refractivity contribution is 0.0285. The van der Waals surface area contributed by atoms with E-state index in [4.69, 9.17) is 9.15 Å². The number of thiophene rings is 1. The van der Waals surface area contributed by atoms with Crippen LogP contribution in [0.5, 0.6) is 0 Å². The van der Waals surface area contributed by atoms with Crippen LogP contribution < -0.4 is 5.32 Å². The number of benzene rings is 1. The molecular weight excluding hydrogens is 400 g/mol. The molecular formula is C23H24N2O4S. The highest BCUT2D eigenvalue weighted by molar-refractivity contribution is 7.14. The lowest BCUT2D eigenvalue weighted by Crippen LogP contribution is -2.40. The molecule has 7 heteroatoms. The molecule has 1 aromatic carbocycles. The van der Waals surface area contributed by atoms with Gasteiger partial charge >= 0.3 is 0 Å². The monoisotopic (exact) mass is 424 g/mol. The fourth-order valence-electron chi connectivity index (χ4n) is 4.22. The summed E-state index contributed by atoms with van der Waals surface area (Å²) in [5, 5.41) is 3.72. The number of nitrogens with zero attached hydrogens (tertiary/aromatic N) is 1. The van der Waals surface area contributed by atoms with Crippen LogP contribution in [-0.2, 0) is 17.6 Å². The number of aryl methyl sites for hydroxylation is 1. The largest absolute Gasteiger partial charge is 0.449 e. The second kappa shape index (κ2) is 7.89. The predicted molar refractivity (Wildman–Crippen MR) is 116 cm³/mol. The molecule has 6 nitrogen and oxygen atoms in total. The number of amides is 2. The van der Waals surface area contributed by atoms with E-state index < -0.39 is 0 Å². The van der Waals surface area contributed by atoms with Crippen molar-refractivity contribution in [2.45, 2.75) is 26.2 Å². The average Bonchev–Trinajstić information content (AvgIpc) is 3.35. The van der Waals surface area contributed by atoms with Crippen LogP contribution in [0.1, 0.15) is 44.0 Å². The number of furan rings is 1. The zero-order valence-electron chi connectivity index (χ0n) is 16.9. The van der Waals surface area contributed by atoms with Crippen molar-refractivity contribution in [1.29, 1.82) is 0 Å². The summed E-state index contributed by atoms with van der Waals surface area (Å²) in [5.74, 6) is 0.425. The number of anilines is 1. The molecule has 1 aliphatic heterocycles. The number of hydrogen-bond acceptors (Lipinski definition) is 5. The Kier molecular flexibility index (Phi) is 5.08. The van der Waals surface area contributed by atoms with E-state index in [1.807, 2.05) is 30.3 Å². The average molecular weight is 425 g/mol. The Bertz CT molecular complexity index is 1110. The topological polar surface area (TPSA) is 71.8 Å². The molecule has 2 aliphatic rings. The molecule has 2 amide bonds. The van der Waals surface area contributed by atoms with Gasteiger partial charge in [-0.1, -0.05) is 19.1 Å². The Balaban J connectivity index is 1.47. The van der Waals surface area contributed by atoms with Gasteiger partial charge in [-0.25, -0.2) is 0 Å². The van der Waals surface area contributed by atoms with E-state index >= 15 is 0 Å². The number of carbonyl (C=O) groups is 2. The fourth-order valence-corrected chi connectivity index (χ4v) is 5.33. The van der Waals surface area contributed by atoms with E-state index in [-0.39, 0.29) is 17.6 Å². The third-order valence-electron chi connectivity index (χ3n) is 5.88. The SMILES string of the molecule is CC1CCc2sc(C(=O)Nc3c(C(=O)N4CCOCC4)oc4ccccc34)cc2C1. The van der Waals surface area contributed by atoms with Gasteiger partial charge in [-0.3, -0.25) is 9.59 Å². The molecule has 156 valence electrons. The second-order valence-corrected chi connectivity index (χ2v) is 9.20. The highest BCUT2D eigenvalue weighted by Crippen LogP contribution is 2.35. The molecule has 1 fully saturated rings. The molecule has 1 aliphatic carbocycles. The fraction of sp³-hybridized carbons (Fsp3) is 0.391. The summed E-state index contributed by atoms with van der Waals surface area (Å²) in [4.78, 5) is 30.0.